The van der Waals surface area contributed by atoms with Crippen LogP contribution in [-0.2, 0) is 14.3 Å². The van der Waals surface area contributed by atoms with Crippen LogP contribution in [0, 0.1) is 11.8 Å². The van der Waals surface area contributed by atoms with Crippen LogP contribution in [0.15, 0.2) is 12.2 Å². The maximum atomic E-state index is 12.2. The molecule has 1 aliphatic heterocycles. The van der Waals surface area contributed by atoms with Gasteiger partial charge in [0.15, 0.2) is 0 Å². The van der Waals surface area contributed by atoms with Crippen LogP contribution in [-0.4, -0.2) is 75.9 Å². The summed E-state index contributed by atoms with van der Waals surface area (Å²) >= 11 is 0. The predicted octanol–water partition coefficient (Wildman–Crippen LogP) is 1.79. The van der Waals surface area contributed by atoms with E-state index in [0.717, 1.165) is 58.7 Å². The summed E-state index contributed by atoms with van der Waals surface area (Å²) in [7, 11) is 3.68. The lowest BCUT2D eigenvalue weighted by molar-refractivity contribution is -0.135. The third-order valence-corrected chi connectivity index (χ3v) is 4.77. The van der Waals surface area contributed by atoms with Crippen LogP contribution in [0.5, 0.6) is 0 Å². The van der Waals surface area contributed by atoms with Crippen molar-refractivity contribution in [2.24, 2.45) is 11.8 Å². The molecule has 2 unspecified atom stereocenters. The Kier molecular flexibility index (Phi) is 8.06. The van der Waals surface area contributed by atoms with E-state index in [2.05, 4.69) is 17.1 Å². The molecule has 0 aromatic rings. The van der Waals surface area contributed by atoms with Crippen molar-refractivity contribution in [3.8, 4) is 0 Å². The van der Waals surface area contributed by atoms with Gasteiger partial charge < -0.3 is 14.4 Å². The van der Waals surface area contributed by atoms with Crippen molar-refractivity contribution in [2.75, 3.05) is 60.2 Å². The summed E-state index contributed by atoms with van der Waals surface area (Å²) < 4.78 is 11.2. The molecule has 1 aliphatic carbocycles. The summed E-state index contributed by atoms with van der Waals surface area (Å²) in [5.74, 6) is 0.646. The Morgan fingerprint density at radius 2 is 1.96 bits per heavy atom. The number of carbonyl (C=O) groups excluding carboxylic acids is 1. The third kappa shape index (κ3) is 6.24. The van der Waals surface area contributed by atoms with Crippen molar-refractivity contribution in [1.82, 2.24) is 9.80 Å². The van der Waals surface area contributed by atoms with Gasteiger partial charge in [0, 0.05) is 39.7 Å². The van der Waals surface area contributed by atoms with Crippen LogP contribution in [0.25, 0.3) is 0 Å². The Balaban J connectivity index is 1.58. The van der Waals surface area contributed by atoms with E-state index in [4.69, 9.17) is 9.47 Å². The average Bonchev–Trinajstić information content (AvgIpc) is 2.58. The first-order valence-corrected chi connectivity index (χ1v) is 8.92. The lowest BCUT2D eigenvalue weighted by atomic mass is 9.82. The van der Waals surface area contributed by atoms with E-state index in [1.165, 1.54) is 6.42 Å². The van der Waals surface area contributed by atoms with Gasteiger partial charge in [0.05, 0.1) is 19.8 Å². The van der Waals surface area contributed by atoms with E-state index in [-0.39, 0.29) is 11.8 Å². The van der Waals surface area contributed by atoms with E-state index in [1.807, 2.05) is 14.1 Å². The Morgan fingerprint density at radius 3 is 2.70 bits per heavy atom. The van der Waals surface area contributed by atoms with Gasteiger partial charge in [-0.2, -0.15) is 0 Å². The molecule has 0 aromatic carbocycles. The number of unbranched alkanes of at least 4 members (excludes halogenated alkanes) is 1. The summed E-state index contributed by atoms with van der Waals surface area (Å²) in [5.41, 5.74) is 0. The molecular formula is C18H32N2O3. The number of morpholine rings is 1. The highest BCUT2D eigenvalue weighted by atomic mass is 16.5. The molecule has 2 rings (SSSR count). The second-order valence-corrected chi connectivity index (χ2v) is 6.78. The van der Waals surface area contributed by atoms with Crippen molar-refractivity contribution in [2.45, 2.75) is 25.7 Å². The predicted molar refractivity (Wildman–Crippen MR) is 91.4 cm³/mol. The molecule has 0 radical (unpaired) electrons. The smallest absolute Gasteiger partial charge is 0.225 e. The van der Waals surface area contributed by atoms with E-state index >= 15 is 0 Å². The van der Waals surface area contributed by atoms with Gasteiger partial charge in [-0.1, -0.05) is 12.2 Å². The molecule has 23 heavy (non-hydrogen) atoms. The van der Waals surface area contributed by atoms with Gasteiger partial charge in [-0.3, -0.25) is 9.69 Å². The topological polar surface area (TPSA) is 42.0 Å². The van der Waals surface area contributed by atoms with Crippen molar-refractivity contribution in [1.29, 1.82) is 0 Å². The highest BCUT2D eigenvalue weighted by molar-refractivity contribution is 5.79. The van der Waals surface area contributed by atoms with Gasteiger partial charge in [0.2, 0.25) is 5.91 Å². The summed E-state index contributed by atoms with van der Waals surface area (Å²) in [5, 5.41) is 0. The van der Waals surface area contributed by atoms with Gasteiger partial charge in [0.1, 0.15) is 0 Å². The number of hydrogen-bond acceptors (Lipinski definition) is 4. The second kappa shape index (κ2) is 10.1. The molecule has 0 bridgehead atoms. The highest BCUT2D eigenvalue weighted by Gasteiger charge is 2.29. The number of ether oxygens (including phenoxy) is 2. The molecule has 1 saturated heterocycles. The molecule has 0 saturated carbocycles. The van der Waals surface area contributed by atoms with Gasteiger partial charge in [-0.25, -0.2) is 0 Å². The Hall–Kier alpha value is -0.910. The largest absolute Gasteiger partial charge is 0.381 e. The van der Waals surface area contributed by atoms with Gasteiger partial charge in [-0.15, -0.1) is 0 Å². The lowest BCUT2D eigenvalue weighted by Gasteiger charge is -2.29. The average molecular weight is 324 g/mol. The van der Waals surface area contributed by atoms with Crippen molar-refractivity contribution in [3.63, 3.8) is 0 Å². The van der Waals surface area contributed by atoms with E-state index in [0.29, 0.717) is 12.5 Å². The van der Waals surface area contributed by atoms with E-state index < -0.39 is 0 Å². The van der Waals surface area contributed by atoms with Gasteiger partial charge >= 0.3 is 0 Å². The zero-order valence-corrected chi connectivity index (χ0v) is 14.7. The number of allylic oxidation sites excluding steroid dienone is 2. The van der Waals surface area contributed by atoms with Crippen LogP contribution in [0.1, 0.15) is 25.7 Å². The number of carbonyl (C=O) groups is 1. The molecular weight excluding hydrogens is 292 g/mol. The molecule has 5 nitrogen and oxygen atoms in total. The zero-order chi connectivity index (χ0) is 16.5. The van der Waals surface area contributed by atoms with Crippen LogP contribution < -0.4 is 0 Å². The van der Waals surface area contributed by atoms with Gasteiger partial charge in [0.25, 0.3) is 0 Å². The summed E-state index contributed by atoms with van der Waals surface area (Å²) in [6.07, 6.45) is 8.38. The summed E-state index contributed by atoms with van der Waals surface area (Å²) in [4.78, 5) is 16.4. The molecule has 1 amide bonds. The fourth-order valence-corrected chi connectivity index (χ4v) is 3.29. The van der Waals surface area contributed by atoms with Crippen LogP contribution in [0.2, 0.25) is 0 Å². The second-order valence-electron chi connectivity index (χ2n) is 6.78. The SMILES string of the molecule is CN(C)C(=O)C1CC=CCC1COCCCCN1CCOCC1. The molecule has 0 spiro atoms. The first-order chi connectivity index (χ1) is 11.2. The first kappa shape index (κ1) is 18.4. The van der Waals surface area contributed by atoms with Crippen LogP contribution in [0.4, 0.5) is 0 Å². The fourth-order valence-electron chi connectivity index (χ4n) is 3.29. The van der Waals surface area contributed by atoms with Crippen molar-refractivity contribution >= 4 is 5.91 Å². The van der Waals surface area contributed by atoms with Crippen LogP contribution >= 0.6 is 0 Å². The minimum absolute atomic E-state index is 0.0864. The quantitative estimate of drug-likeness (QED) is 0.504. The number of rotatable bonds is 8. The highest BCUT2D eigenvalue weighted by Crippen LogP contribution is 2.27. The third-order valence-electron chi connectivity index (χ3n) is 4.77. The summed E-state index contributed by atoms with van der Waals surface area (Å²) in [6.45, 7) is 6.49. The number of hydrogen-bond donors (Lipinski definition) is 0. The molecule has 132 valence electrons. The van der Waals surface area contributed by atoms with E-state index in [1.54, 1.807) is 4.90 Å². The summed E-state index contributed by atoms with van der Waals surface area (Å²) in [6, 6.07) is 0. The Morgan fingerprint density at radius 1 is 1.22 bits per heavy atom. The van der Waals surface area contributed by atoms with E-state index in [9.17, 15) is 4.79 Å². The van der Waals surface area contributed by atoms with Crippen molar-refractivity contribution < 1.29 is 14.3 Å². The minimum Gasteiger partial charge on any atom is -0.381 e. The molecule has 5 heteroatoms. The molecule has 0 aromatic heterocycles. The zero-order valence-electron chi connectivity index (χ0n) is 14.7. The van der Waals surface area contributed by atoms with Crippen LogP contribution in [0.3, 0.4) is 0 Å². The number of amides is 1. The van der Waals surface area contributed by atoms with Crippen molar-refractivity contribution in [3.05, 3.63) is 12.2 Å². The normalized spacial score (nSPS) is 25.5. The fraction of sp³-hybridized carbons (Fsp3) is 0.833. The molecule has 1 fully saturated rings. The molecule has 1 heterocycles. The monoisotopic (exact) mass is 324 g/mol. The maximum Gasteiger partial charge on any atom is 0.225 e. The molecule has 2 atom stereocenters. The number of nitrogens with zero attached hydrogens (tertiary/aromatic N) is 2. The Bertz CT molecular complexity index is 378. The lowest BCUT2D eigenvalue weighted by Crippen LogP contribution is -2.37. The molecule has 2 aliphatic rings. The standard InChI is InChI=1S/C18H32N2O3/c1-19(2)18(21)17-8-4-3-7-16(17)15-23-12-6-5-9-20-10-13-22-14-11-20/h3-4,16-17H,5-15H2,1-2H3. The van der Waals surface area contributed by atoms with Gasteiger partial charge in [-0.05, 0) is 38.1 Å². The first-order valence-electron chi connectivity index (χ1n) is 8.92. The molecule has 0 N–H and O–H groups in total. The Labute approximate surface area is 140 Å². The minimum atomic E-state index is 0.0864. The maximum absolute atomic E-state index is 12.2.